The first-order chi connectivity index (χ1) is 13.6. The molecule has 2 atom stereocenters. The summed E-state index contributed by atoms with van der Waals surface area (Å²) in [5, 5.41) is 0. The molecule has 146 valence electrons. The monoisotopic (exact) mass is 382 g/mol. The number of hydrogen-bond acceptors (Lipinski definition) is 5. The van der Waals surface area contributed by atoms with E-state index in [4.69, 9.17) is 9.15 Å². The van der Waals surface area contributed by atoms with Crippen LogP contribution in [0.15, 0.2) is 47.1 Å². The predicted octanol–water partition coefficient (Wildman–Crippen LogP) is 3.07. The molecule has 1 aliphatic heterocycles. The molecule has 3 amide bonds. The van der Waals surface area contributed by atoms with Crippen LogP contribution in [0.25, 0.3) is 0 Å². The molecule has 1 aromatic heterocycles. The van der Waals surface area contributed by atoms with Gasteiger partial charge in [0.05, 0.1) is 25.2 Å². The number of furan rings is 1. The van der Waals surface area contributed by atoms with Gasteiger partial charge in [-0.25, -0.2) is 0 Å². The molecule has 0 spiro atoms. The van der Waals surface area contributed by atoms with Gasteiger partial charge in [0.1, 0.15) is 12.4 Å². The molecule has 1 saturated carbocycles. The van der Waals surface area contributed by atoms with Crippen molar-refractivity contribution in [2.45, 2.75) is 25.7 Å². The summed E-state index contributed by atoms with van der Waals surface area (Å²) in [5.74, 6) is -0.484. The Bertz CT molecular complexity index is 851. The zero-order valence-electron chi connectivity index (χ0n) is 15.7. The van der Waals surface area contributed by atoms with Gasteiger partial charge >= 0.3 is 0 Å². The predicted molar refractivity (Wildman–Crippen MR) is 101 cm³/mol. The summed E-state index contributed by atoms with van der Waals surface area (Å²) < 4.78 is 10.4. The lowest BCUT2D eigenvalue weighted by Gasteiger charge is -2.27. The molecule has 0 N–H and O–H groups in total. The molecule has 0 bridgehead atoms. The number of benzene rings is 1. The van der Waals surface area contributed by atoms with E-state index in [-0.39, 0.29) is 36.1 Å². The van der Waals surface area contributed by atoms with E-state index in [1.807, 2.05) is 0 Å². The third-order valence-corrected chi connectivity index (χ3v) is 5.58. The molecule has 7 heteroatoms. The van der Waals surface area contributed by atoms with Crippen LogP contribution in [-0.4, -0.2) is 36.4 Å². The standard InChI is InChI=1S/C21H22N2O5/c1-27-15-10-8-14(9-11-15)22(21(26)18-7-4-12-28-18)13-23-19(24)16-5-2-3-6-17(16)20(23)25/h4,7-12,16-17H,2-3,5-6,13H2,1H3/t16-,17-/m0/s1. The highest BCUT2D eigenvalue weighted by Crippen LogP contribution is 2.38. The maximum atomic E-state index is 13.0. The summed E-state index contributed by atoms with van der Waals surface area (Å²) in [4.78, 5) is 41.4. The third-order valence-electron chi connectivity index (χ3n) is 5.58. The molecule has 28 heavy (non-hydrogen) atoms. The van der Waals surface area contributed by atoms with Gasteiger partial charge in [0.15, 0.2) is 5.76 Å². The van der Waals surface area contributed by atoms with E-state index < -0.39 is 5.91 Å². The van der Waals surface area contributed by atoms with E-state index in [1.165, 1.54) is 16.1 Å². The van der Waals surface area contributed by atoms with Crippen LogP contribution >= 0.6 is 0 Å². The van der Waals surface area contributed by atoms with Crippen molar-refractivity contribution in [3.8, 4) is 5.75 Å². The lowest BCUT2D eigenvalue weighted by atomic mass is 9.81. The fraction of sp³-hybridized carbons (Fsp3) is 0.381. The zero-order chi connectivity index (χ0) is 19.7. The molecule has 2 aromatic rings. The molecule has 0 unspecified atom stereocenters. The van der Waals surface area contributed by atoms with Crippen LogP contribution in [0.1, 0.15) is 36.2 Å². The second-order valence-corrected chi connectivity index (χ2v) is 7.15. The number of imide groups is 1. The Morgan fingerprint density at radius 3 is 2.29 bits per heavy atom. The third kappa shape index (κ3) is 3.17. The summed E-state index contributed by atoms with van der Waals surface area (Å²) in [6.45, 7) is -0.128. The van der Waals surface area contributed by atoms with Gasteiger partial charge in [-0.15, -0.1) is 0 Å². The minimum atomic E-state index is -0.411. The van der Waals surface area contributed by atoms with Crippen LogP contribution in [0.4, 0.5) is 5.69 Å². The topological polar surface area (TPSA) is 80.1 Å². The summed E-state index contributed by atoms with van der Waals surface area (Å²) in [7, 11) is 1.56. The minimum absolute atomic E-state index is 0.128. The van der Waals surface area contributed by atoms with E-state index >= 15 is 0 Å². The first-order valence-corrected chi connectivity index (χ1v) is 9.45. The van der Waals surface area contributed by atoms with Gasteiger partial charge in [-0.3, -0.25) is 24.2 Å². The second kappa shape index (κ2) is 7.50. The van der Waals surface area contributed by atoms with Crippen molar-refractivity contribution in [3.05, 3.63) is 48.4 Å². The van der Waals surface area contributed by atoms with Crippen molar-refractivity contribution in [2.75, 3.05) is 18.7 Å². The Labute approximate surface area is 162 Å². The number of ether oxygens (including phenoxy) is 1. The minimum Gasteiger partial charge on any atom is -0.497 e. The number of nitrogens with zero attached hydrogens (tertiary/aromatic N) is 2. The lowest BCUT2D eigenvalue weighted by molar-refractivity contribution is -0.139. The molecule has 2 fully saturated rings. The number of rotatable bonds is 5. The second-order valence-electron chi connectivity index (χ2n) is 7.15. The summed E-state index contributed by atoms with van der Waals surface area (Å²) in [6.07, 6.45) is 4.81. The fourth-order valence-corrected chi connectivity index (χ4v) is 4.07. The highest BCUT2D eigenvalue weighted by atomic mass is 16.5. The van der Waals surface area contributed by atoms with Crippen LogP contribution in [-0.2, 0) is 9.59 Å². The Kier molecular flexibility index (Phi) is 4.90. The van der Waals surface area contributed by atoms with Gasteiger partial charge in [0, 0.05) is 5.69 Å². The summed E-state index contributed by atoms with van der Waals surface area (Å²) in [6, 6.07) is 10.1. The molecule has 2 heterocycles. The van der Waals surface area contributed by atoms with Crippen LogP contribution < -0.4 is 9.64 Å². The van der Waals surface area contributed by atoms with Gasteiger partial charge in [0.2, 0.25) is 11.8 Å². The Morgan fingerprint density at radius 2 is 1.75 bits per heavy atom. The van der Waals surface area contributed by atoms with Crippen LogP contribution in [0.2, 0.25) is 0 Å². The van der Waals surface area contributed by atoms with Crippen molar-refractivity contribution >= 4 is 23.4 Å². The molecule has 0 radical (unpaired) electrons. The largest absolute Gasteiger partial charge is 0.497 e. The molecule has 7 nitrogen and oxygen atoms in total. The lowest BCUT2D eigenvalue weighted by Crippen LogP contribution is -2.44. The van der Waals surface area contributed by atoms with Gasteiger partial charge < -0.3 is 9.15 Å². The number of methoxy groups -OCH3 is 1. The molecule has 2 aliphatic rings. The quantitative estimate of drug-likeness (QED) is 0.743. The maximum absolute atomic E-state index is 13.0. The molecule has 4 rings (SSSR count). The number of amides is 3. The van der Waals surface area contributed by atoms with Gasteiger partial charge in [-0.05, 0) is 49.2 Å². The highest BCUT2D eigenvalue weighted by molar-refractivity contribution is 6.08. The number of carbonyl (C=O) groups excluding carboxylic acids is 3. The first kappa shape index (κ1) is 18.3. The average Bonchev–Trinajstić information content (AvgIpc) is 3.35. The number of fused-ring (bicyclic) bond motifs is 1. The Balaban J connectivity index is 1.64. The normalized spacial score (nSPS) is 21.5. The molecule has 1 aliphatic carbocycles. The van der Waals surface area contributed by atoms with Gasteiger partial charge in [-0.1, -0.05) is 12.8 Å². The zero-order valence-corrected chi connectivity index (χ0v) is 15.7. The summed E-state index contributed by atoms with van der Waals surface area (Å²) in [5.41, 5.74) is 0.553. The summed E-state index contributed by atoms with van der Waals surface area (Å²) >= 11 is 0. The van der Waals surface area contributed by atoms with E-state index in [1.54, 1.807) is 43.5 Å². The maximum Gasteiger partial charge on any atom is 0.295 e. The van der Waals surface area contributed by atoms with Gasteiger partial charge in [0.25, 0.3) is 5.91 Å². The van der Waals surface area contributed by atoms with Crippen LogP contribution in [0.3, 0.4) is 0 Å². The number of likely N-dealkylation sites (tertiary alicyclic amines) is 1. The van der Waals surface area contributed by atoms with Crippen LogP contribution in [0.5, 0.6) is 5.75 Å². The highest BCUT2D eigenvalue weighted by Gasteiger charge is 2.48. The molecular weight excluding hydrogens is 360 g/mol. The van der Waals surface area contributed by atoms with Gasteiger partial charge in [-0.2, -0.15) is 0 Å². The van der Waals surface area contributed by atoms with Crippen molar-refractivity contribution in [1.29, 1.82) is 0 Å². The first-order valence-electron chi connectivity index (χ1n) is 9.45. The number of carbonyl (C=O) groups is 3. The smallest absolute Gasteiger partial charge is 0.295 e. The van der Waals surface area contributed by atoms with Crippen molar-refractivity contribution < 1.29 is 23.5 Å². The van der Waals surface area contributed by atoms with Crippen molar-refractivity contribution in [3.63, 3.8) is 0 Å². The van der Waals surface area contributed by atoms with E-state index in [9.17, 15) is 14.4 Å². The van der Waals surface area contributed by atoms with E-state index in [2.05, 4.69) is 0 Å². The number of hydrogen-bond donors (Lipinski definition) is 0. The molecular formula is C21H22N2O5. The fourth-order valence-electron chi connectivity index (χ4n) is 4.07. The number of anilines is 1. The SMILES string of the molecule is COc1ccc(N(CN2C(=O)[C@H]3CCCC[C@@H]3C2=O)C(=O)c2ccco2)cc1. The molecule has 1 aromatic carbocycles. The molecule has 1 saturated heterocycles. The van der Waals surface area contributed by atoms with Crippen molar-refractivity contribution in [2.24, 2.45) is 11.8 Å². The van der Waals surface area contributed by atoms with E-state index in [0.717, 1.165) is 25.7 Å². The average molecular weight is 382 g/mol. The Hall–Kier alpha value is -3.09. The van der Waals surface area contributed by atoms with E-state index in [0.29, 0.717) is 11.4 Å². The Morgan fingerprint density at radius 1 is 1.11 bits per heavy atom. The van der Waals surface area contributed by atoms with Crippen LogP contribution in [0, 0.1) is 11.8 Å². The van der Waals surface area contributed by atoms with Crippen molar-refractivity contribution in [1.82, 2.24) is 4.90 Å².